The summed E-state index contributed by atoms with van der Waals surface area (Å²) in [6.07, 6.45) is 0. The third-order valence-electron chi connectivity index (χ3n) is 4.29. The van der Waals surface area contributed by atoms with E-state index < -0.39 is 0 Å². The quantitative estimate of drug-likeness (QED) is 0.731. The van der Waals surface area contributed by atoms with Crippen molar-refractivity contribution in [3.63, 3.8) is 0 Å². The van der Waals surface area contributed by atoms with Gasteiger partial charge in [-0.05, 0) is 37.3 Å². The maximum absolute atomic E-state index is 12.4. The Hall–Kier alpha value is -3.03. The SMILES string of the molecule is CCOc1ccc(OCC(=O)N2CCN(c3ccc(OC)nn3)CC2)cc1. The normalized spacial score (nSPS) is 14.0. The highest BCUT2D eigenvalue weighted by Gasteiger charge is 2.22. The van der Waals surface area contributed by atoms with Gasteiger partial charge in [-0.1, -0.05) is 0 Å². The van der Waals surface area contributed by atoms with E-state index in [4.69, 9.17) is 14.2 Å². The standard InChI is InChI=1S/C19H24N4O4/c1-3-26-15-4-6-16(7-5-15)27-14-19(24)23-12-10-22(11-13-23)17-8-9-18(25-2)21-20-17/h4-9H,3,10-14H2,1-2H3. The fourth-order valence-electron chi connectivity index (χ4n) is 2.81. The van der Waals surface area contributed by atoms with Gasteiger partial charge in [0.05, 0.1) is 13.7 Å². The highest BCUT2D eigenvalue weighted by molar-refractivity contribution is 5.78. The van der Waals surface area contributed by atoms with Crippen molar-refractivity contribution in [1.29, 1.82) is 0 Å². The van der Waals surface area contributed by atoms with Crippen LogP contribution in [0.25, 0.3) is 0 Å². The van der Waals surface area contributed by atoms with Crippen molar-refractivity contribution in [2.75, 3.05) is 51.4 Å². The summed E-state index contributed by atoms with van der Waals surface area (Å²) in [5, 5.41) is 8.14. The first kappa shape index (κ1) is 18.8. The summed E-state index contributed by atoms with van der Waals surface area (Å²) in [5.74, 6) is 2.68. The number of benzene rings is 1. The number of hydrogen-bond donors (Lipinski definition) is 0. The minimum atomic E-state index is -0.0238. The minimum Gasteiger partial charge on any atom is -0.494 e. The molecular weight excluding hydrogens is 348 g/mol. The van der Waals surface area contributed by atoms with Gasteiger partial charge in [0, 0.05) is 32.2 Å². The molecule has 1 amide bonds. The Morgan fingerprint density at radius 1 is 0.963 bits per heavy atom. The number of amides is 1. The largest absolute Gasteiger partial charge is 0.494 e. The first-order valence-corrected chi connectivity index (χ1v) is 8.95. The summed E-state index contributed by atoms with van der Waals surface area (Å²) < 4.78 is 16.0. The average molecular weight is 372 g/mol. The second kappa shape index (κ2) is 9.07. The first-order valence-electron chi connectivity index (χ1n) is 8.95. The highest BCUT2D eigenvalue weighted by atomic mass is 16.5. The van der Waals surface area contributed by atoms with Crippen LogP contribution < -0.4 is 19.1 Å². The van der Waals surface area contributed by atoms with Crippen LogP contribution in [0.3, 0.4) is 0 Å². The minimum absolute atomic E-state index is 0.0238. The topological polar surface area (TPSA) is 77.0 Å². The summed E-state index contributed by atoms with van der Waals surface area (Å²) in [6, 6.07) is 10.9. The third-order valence-corrected chi connectivity index (χ3v) is 4.29. The zero-order chi connectivity index (χ0) is 19.1. The lowest BCUT2D eigenvalue weighted by atomic mass is 10.3. The molecule has 2 aromatic rings. The predicted octanol–water partition coefficient (Wildman–Crippen LogP) is 1.61. The van der Waals surface area contributed by atoms with Gasteiger partial charge in [-0.25, -0.2) is 0 Å². The van der Waals surface area contributed by atoms with Gasteiger partial charge < -0.3 is 24.0 Å². The maximum Gasteiger partial charge on any atom is 0.260 e. The van der Waals surface area contributed by atoms with Gasteiger partial charge in [-0.3, -0.25) is 4.79 Å². The van der Waals surface area contributed by atoms with Crippen LogP contribution in [0.1, 0.15) is 6.92 Å². The van der Waals surface area contributed by atoms with Gasteiger partial charge in [0.25, 0.3) is 5.91 Å². The predicted molar refractivity (Wildman–Crippen MR) is 100 cm³/mol. The van der Waals surface area contributed by atoms with Gasteiger partial charge in [0.2, 0.25) is 5.88 Å². The van der Waals surface area contributed by atoms with Gasteiger partial charge >= 0.3 is 0 Å². The van der Waals surface area contributed by atoms with Crippen LogP contribution in [0.5, 0.6) is 17.4 Å². The van der Waals surface area contributed by atoms with E-state index in [2.05, 4.69) is 15.1 Å². The Morgan fingerprint density at radius 3 is 2.19 bits per heavy atom. The molecule has 1 aliphatic heterocycles. The molecule has 1 aromatic carbocycles. The number of carbonyl (C=O) groups is 1. The molecule has 27 heavy (non-hydrogen) atoms. The lowest BCUT2D eigenvalue weighted by molar-refractivity contribution is -0.133. The Labute approximate surface area is 158 Å². The third kappa shape index (κ3) is 4.99. The van der Waals surface area contributed by atoms with Crippen LogP contribution in [0.4, 0.5) is 5.82 Å². The number of hydrogen-bond acceptors (Lipinski definition) is 7. The molecule has 1 fully saturated rings. The van der Waals surface area contributed by atoms with E-state index in [1.54, 1.807) is 25.3 Å². The van der Waals surface area contributed by atoms with Gasteiger partial charge in [0.1, 0.15) is 11.5 Å². The molecule has 0 radical (unpaired) electrons. The molecule has 2 heterocycles. The van der Waals surface area contributed by atoms with Crippen molar-refractivity contribution in [2.45, 2.75) is 6.92 Å². The molecular formula is C19H24N4O4. The molecule has 3 rings (SSSR count). The van der Waals surface area contributed by atoms with Gasteiger partial charge in [0.15, 0.2) is 12.4 Å². The van der Waals surface area contributed by atoms with Crippen LogP contribution in [0.2, 0.25) is 0 Å². The van der Waals surface area contributed by atoms with E-state index in [0.717, 1.165) is 11.6 Å². The monoisotopic (exact) mass is 372 g/mol. The summed E-state index contributed by atoms with van der Waals surface area (Å²) in [6.45, 7) is 5.23. The van der Waals surface area contributed by atoms with Crippen molar-refractivity contribution in [2.24, 2.45) is 0 Å². The number of nitrogens with zero attached hydrogens (tertiary/aromatic N) is 4. The van der Waals surface area contributed by atoms with Crippen molar-refractivity contribution in [3.8, 4) is 17.4 Å². The first-order chi connectivity index (χ1) is 13.2. The number of carbonyl (C=O) groups excluding carboxylic acids is 1. The lowest BCUT2D eigenvalue weighted by Crippen LogP contribution is -2.50. The molecule has 0 spiro atoms. The Kier molecular flexibility index (Phi) is 6.30. The fraction of sp³-hybridized carbons (Fsp3) is 0.421. The molecule has 0 saturated carbocycles. The highest BCUT2D eigenvalue weighted by Crippen LogP contribution is 2.18. The van der Waals surface area contributed by atoms with Crippen LogP contribution >= 0.6 is 0 Å². The second-order valence-electron chi connectivity index (χ2n) is 5.99. The Balaban J connectivity index is 1.45. The van der Waals surface area contributed by atoms with E-state index >= 15 is 0 Å². The molecule has 1 saturated heterocycles. The number of aromatic nitrogens is 2. The zero-order valence-corrected chi connectivity index (χ0v) is 15.6. The molecule has 8 nitrogen and oxygen atoms in total. The van der Waals surface area contributed by atoms with Gasteiger partial charge in [-0.15, -0.1) is 10.2 Å². The fourth-order valence-corrected chi connectivity index (χ4v) is 2.81. The Morgan fingerprint density at radius 2 is 1.63 bits per heavy atom. The van der Waals surface area contributed by atoms with Crippen molar-refractivity contribution in [3.05, 3.63) is 36.4 Å². The summed E-state index contributed by atoms with van der Waals surface area (Å²) >= 11 is 0. The average Bonchev–Trinajstić information content (AvgIpc) is 2.73. The van der Waals surface area contributed by atoms with Crippen molar-refractivity contribution < 1.29 is 19.0 Å². The van der Waals surface area contributed by atoms with Gasteiger partial charge in [-0.2, -0.15) is 0 Å². The van der Waals surface area contributed by atoms with Crippen LogP contribution in [0, 0.1) is 0 Å². The summed E-state index contributed by atoms with van der Waals surface area (Å²) in [5.41, 5.74) is 0. The molecule has 1 aromatic heterocycles. The van der Waals surface area contributed by atoms with Crippen LogP contribution in [0.15, 0.2) is 36.4 Å². The van der Waals surface area contributed by atoms with E-state index in [1.165, 1.54) is 0 Å². The number of methoxy groups -OCH3 is 1. The number of rotatable bonds is 7. The molecule has 0 aliphatic carbocycles. The molecule has 1 aliphatic rings. The summed E-state index contributed by atoms with van der Waals surface area (Å²) in [7, 11) is 1.56. The zero-order valence-electron chi connectivity index (χ0n) is 15.6. The molecule has 144 valence electrons. The smallest absolute Gasteiger partial charge is 0.260 e. The number of ether oxygens (including phenoxy) is 3. The van der Waals surface area contributed by atoms with E-state index in [9.17, 15) is 4.79 Å². The summed E-state index contributed by atoms with van der Waals surface area (Å²) in [4.78, 5) is 16.3. The number of piperazine rings is 1. The van der Waals surface area contributed by atoms with Crippen molar-refractivity contribution in [1.82, 2.24) is 15.1 Å². The van der Waals surface area contributed by atoms with E-state index in [-0.39, 0.29) is 12.5 Å². The molecule has 0 N–H and O–H groups in total. The Bertz CT molecular complexity index is 728. The molecule has 0 unspecified atom stereocenters. The van der Waals surface area contributed by atoms with Crippen molar-refractivity contribution >= 4 is 11.7 Å². The lowest BCUT2D eigenvalue weighted by Gasteiger charge is -2.35. The van der Waals surface area contributed by atoms with Crippen LogP contribution in [-0.4, -0.2) is 67.5 Å². The maximum atomic E-state index is 12.4. The molecule has 0 atom stereocenters. The van der Waals surface area contributed by atoms with E-state index in [1.807, 2.05) is 30.0 Å². The van der Waals surface area contributed by atoms with E-state index in [0.29, 0.717) is 44.4 Å². The number of anilines is 1. The second-order valence-corrected chi connectivity index (χ2v) is 5.99. The molecule has 8 heteroatoms. The van der Waals surface area contributed by atoms with Crippen LogP contribution in [-0.2, 0) is 4.79 Å². The molecule has 0 bridgehead atoms.